The van der Waals surface area contributed by atoms with Crippen molar-refractivity contribution in [2.45, 2.75) is 13.5 Å². The van der Waals surface area contributed by atoms with Crippen molar-refractivity contribution in [3.8, 4) is 11.9 Å². The summed E-state index contributed by atoms with van der Waals surface area (Å²) in [5.41, 5.74) is 4.98. The minimum atomic E-state index is -0.462. The van der Waals surface area contributed by atoms with E-state index in [1.54, 1.807) is 26.3 Å². The first kappa shape index (κ1) is 21.9. The van der Waals surface area contributed by atoms with Crippen LogP contribution in [0, 0.1) is 18.3 Å². The SMILES string of the molecule is COCc1cc(C)nc(OCC(=O)N/N=C/c2c3ccccc3cc3ccccc23)c1C#N. The number of nitriles is 1. The van der Waals surface area contributed by atoms with E-state index in [0.29, 0.717) is 11.3 Å². The fourth-order valence-corrected chi connectivity index (χ4v) is 3.73. The van der Waals surface area contributed by atoms with E-state index in [9.17, 15) is 10.1 Å². The molecule has 0 radical (unpaired) electrons. The lowest BCUT2D eigenvalue weighted by atomic mass is 9.97. The third-order valence-electron chi connectivity index (χ3n) is 5.14. The third kappa shape index (κ3) is 4.81. The number of amides is 1. The highest BCUT2D eigenvalue weighted by Crippen LogP contribution is 2.27. The number of hydrazone groups is 1. The maximum absolute atomic E-state index is 12.3. The Bertz CT molecular complexity index is 1350. The number of ether oxygens (including phenoxy) is 2. The van der Waals surface area contributed by atoms with Gasteiger partial charge in [-0.1, -0.05) is 48.5 Å². The summed E-state index contributed by atoms with van der Waals surface area (Å²) in [6, 6.07) is 22.0. The molecule has 0 bridgehead atoms. The van der Waals surface area contributed by atoms with Crippen molar-refractivity contribution in [1.29, 1.82) is 5.26 Å². The Labute approximate surface area is 191 Å². The van der Waals surface area contributed by atoms with Gasteiger partial charge in [0.25, 0.3) is 5.91 Å². The number of hydrogen-bond acceptors (Lipinski definition) is 6. The second-order valence-corrected chi connectivity index (χ2v) is 7.46. The van der Waals surface area contributed by atoms with Gasteiger partial charge in [0.05, 0.1) is 12.8 Å². The zero-order valence-corrected chi connectivity index (χ0v) is 18.3. The minimum Gasteiger partial charge on any atom is -0.467 e. The zero-order chi connectivity index (χ0) is 23.2. The molecule has 4 aromatic rings. The van der Waals surface area contributed by atoms with Crippen LogP contribution in [0.15, 0.2) is 65.8 Å². The van der Waals surface area contributed by atoms with Crippen LogP contribution in [-0.2, 0) is 16.1 Å². The standard InChI is InChI=1S/C26H22N4O3/c1-17-11-20(15-32-2)23(13-27)26(29-17)33-16-25(31)30-28-14-24-21-9-5-3-7-18(21)12-19-8-4-6-10-22(19)24/h3-12,14H,15-16H2,1-2H3,(H,30,31)/b28-14+. The van der Waals surface area contributed by atoms with Crippen molar-refractivity contribution < 1.29 is 14.3 Å². The number of hydrogen-bond donors (Lipinski definition) is 1. The predicted molar refractivity (Wildman–Crippen MR) is 127 cm³/mol. The van der Waals surface area contributed by atoms with Crippen LogP contribution in [-0.4, -0.2) is 30.8 Å². The van der Waals surface area contributed by atoms with Gasteiger partial charge in [-0.25, -0.2) is 10.4 Å². The topological polar surface area (TPSA) is 96.6 Å². The fraction of sp³-hybridized carbons (Fsp3) is 0.154. The summed E-state index contributed by atoms with van der Waals surface area (Å²) in [5, 5.41) is 17.9. The summed E-state index contributed by atoms with van der Waals surface area (Å²) >= 11 is 0. The molecule has 0 fully saturated rings. The van der Waals surface area contributed by atoms with Crippen molar-refractivity contribution >= 4 is 33.7 Å². The Morgan fingerprint density at radius 3 is 2.42 bits per heavy atom. The summed E-state index contributed by atoms with van der Waals surface area (Å²) in [7, 11) is 1.54. The molecular weight excluding hydrogens is 416 g/mol. The first-order chi connectivity index (χ1) is 16.1. The summed E-state index contributed by atoms with van der Waals surface area (Å²) in [6.07, 6.45) is 1.64. The first-order valence-electron chi connectivity index (χ1n) is 10.4. The van der Waals surface area contributed by atoms with Crippen molar-refractivity contribution in [2.75, 3.05) is 13.7 Å². The summed E-state index contributed by atoms with van der Waals surface area (Å²) in [6.45, 7) is 1.70. The second-order valence-electron chi connectivity index (χ2n) is 7.46. The number of benzene rings is 3. The van der Waals surface area contributed by atoms with Crippen molar-refractivity contribution in [1.82, 2.24) is 10.4 Å². The molecule has 0 spiro atoms. The number of nitrogens with zero attached hydrogens (tertiary/aromatic N) is 3. The van der Waals surface area contributed by atoms with E-state index in [-0.39, 0.29) is 24.7 Å². The number of pyridine rings is 1. The van der Waals surface area contributed by atoms with Gasteiger partial charge in [0, 0.05) is 23.9 Å². The summed E-state index contributed by atoms with van der Waals surface area (Å²) in [4.78, 5) is 16.6. The average Bonchev–Trinajstić information content (AvgIpc) is 2.82. The van der Waals surface area contributed by atoms with E-state index < -0.39 is 5.91 Å². The van der Waals surface area contributed by atoms with Gasteiger partial charge in [-0.15, -0.1) is 0 Å². The third-order valence-corrected chi connectivity index (χ3v) is 5.14. The molecule has 0 saturated carbocycles. The predicted octanol–water partition coefficient (Wildman–Crippen LogP) is 4.24. The van der Waals surface area contributed by atoms with E-state index in [4.69, 9.17) is 9.47 Å². The van der Waals surface area contributed by atoms with Crippen LogP contribution in [0.3, 0.4) is 0 Å². The number of rotatable bonds is 7. The molecule has 7 heteroatoms. The molecule has 1 amide bonds. The molecule has 7 nitrogen and oxygen atoms in total. The largest absolute Gasteiger partial charge is 0.467 e. The molecule has 1 aromatic heterocycles. The molecule has 0 atom stereocenters. The number of carbonyl (C=O) groups is 1. The molecule has 164 valence electrons. The van der Waals surface area contributed by atoms with Crippen LogP contribution in [0.4, 0.5) is 0 Å². The highest BCUT2D eigenvalue weighted by molar-refractivity contribution is 6.13. The van der Waals surface area contributed by atoms with Gasteiger partial charge in [0.1, 0.15) is 11.6 Å². The molecule has 33 heavy (non-hydrogen) atoms. The molecule has 3 aromatic carbocycles. The lowest BCUT2D eigenvalue weighted by molar-refractivity contribution is -0.123. The Kier molecular flexibility index (Phi) is 6.58. The lowest BCUT2D eigenvalue weighted by Gasteiger charge is -2.11. The Balaban J connectivity index is 1.51. The van der Waals surface area contributed by atoms with Gasteiger partial charge in [0.15, 0.2) is 6.61 Å². The molecule has 0 unspecified atom stereocenters. The van der Waals surface area contributed by atoms with Crippen LogP contribution in [0.2, 0.25) is 0 Å². The quantitative estimate of drug-likeness (QED) is 0.264. The molecule has 0 aliphatic heterocycles. The molecular formula is C26H22N4O3. The molecule has 0 saturated heterocycles. The van der Waals surface area contributed by atoms with Gasteiger partial charge in [-0.2, -0.15) is 10.4 Å². The van der Waals surface area contributed by atoms with Crippen LogP contribution in [0.1, 0.15) is 22.4 Å². The highest BCUT2D eigenvalue weighted by atomic mass is 16.5. The van der Waals surface area contributed by atoms with Crippen molar-refractivity contribution in [2.24, 2.45) is 5.10 Å². The van der Waals surface area contributed by atoms with E-state index in [1.807, 2.05) is 48.5 Å². The normalized spacial score (nSPS) is 11.1. The fourth-order valence-electron chi connectivity index (χ4n) is 3.73. The van der Waals surface area contributed by atoms with E-state index >= 15 is 0 Å². The first-order valence-corrected chi connectivity index (χ1v) is 10.4. The van der Waals surface area contributed by atoms with Crippen LogP contribution in [0.5, 0.6) is 5.88 Å². The molecule has 4 rings (SSSR count). The number of aryl methyl sites for hydroxylation is 1. The smallest absolute Gasteiger partial charge is 0.278 e. The van der Waals surface area contributed by atoms with E-state index in [2.05, 4.69) is 27.6 Å². The van der Waals surface area contributed by atoms with Gasteiger partial charge < -0.3 is 9.47 Å². The van der Waals surface area contributed by atoms with E-state index in [0.717, 1.165) is 27.1 Å². The number of fused-ring (bicyclic) bond motifs is 2. The van der Waals surface area contributed by atoms with Gasteiger partial charge >= 0.3 is 0 Å². The monoisotopic (exact) mass is 438 g/mol. The number of aromatic nitrogens is 1. The Hall–Kier alpha value is -4.28. The average molecular weight is 438 g/mol. The molecule has 1 heterocycles. The molecule has 1 N–H and O–H groups in total. The van der Waals surface area contributed by atoms with Gasteiger partial charge in [-0.3, -0.25) is 4.79 Å². The summed E-state index contributed by atoms with van der Waals surface area (Å²) < 4.78 is 10.7. The maximum atomic E-state index is 12.3. The van der Waals surface area contributed by atoms with Gasteiger partial charge in [0.2, 0.25) is 5.88 Å². The zero-order valence-electron chi connectivity index (χ0n) is 18.3. The van der Waals surface area contributed by atoms with Gasteiger partial charge in [-0.05, 0) is 40.6 Å². The Morgan fingerprint density at radius 1 is 1.12 bits per heavy atom. The number of methoxy groups -OCH3 is 1. The lowest BCUT2D eigenvalue weighted by Crippen LogP contribution is -2.25. The highest BCUT2D eigenvalue weighted by Gasteiger charge is 2.14. The Morgan fingerprint density at radius 2 is 1.79 bits per heavy atom. The van der Waals surface area contributed by atoms with E-state index in [1.165, 1.54) is 0 Å². The number of nitrogens with one attached hydrogen (secondary N) is 1. The van der Waals surface area contributed by atoms with Crippen molar-refractivity contribution in [3.05, 3.63) is 83.0 Å². The van der Waals surface area contributed by atoms with Crippen LogP contribution in [0.25, 0.3) is 21.5 Å². The molecule has 0 aliphatic rings. The maximum Gasteiger partial charge on any atom is 0.278 e. The summed E-state index contributed by atoms with van der Waals surface area (Å²) in [5.74, 6) is -0.361. The molecule has 0 aliphatic carbocycles. The minimum absolute atomic E-state index is 0.101. The number of carbonyl (C=O) groups excluding carboxylic acids is 1. The second kappa shape index (κ2) is 9.90. The van der Waals surface area contributed by atoms with Crippen molar-refractivity contribution in [3.63, 3.8) is 0 Å². The van der Waals surface area contributed by atoms with Crippen LogP contribution < -0.4 is 10.2 Å². The van der Waals surface area contributed by atoms with Crippen LogP contribution >= 0.6 is 0 Å².